The SMILES string of the molecule is C[C@@H]1CN([C@H](C)CO)C(=O)c2cccc(NC(=O)Nc3cccc4ccccc34)c2O[C@H]1CN(C)C(=O)Nc1cccc2ccccc12. The maximum absolute atomic E-state index is 13.9. The monoisotopic (exact) mass is 645 g/mol. The summed E-state index contributed by atoms with van der Waals surface area (Å²) in [7, 11) is 1.69. The van der Waals surface area contributed by atoms with E-state index >= 15 is 0 Å². The second-order valence-corrected chi connectivity index (χ2v) is 12.2. The van der Waals surface area contributed by atoms with Crippen LogP contribution in [0.5, 0.6) is 5.75 Å². The van der Waals surface area contributed by atoms with Crippen LogP contribution < -0.4 is 20.7 Å². The molecule has 0 spiro atoms. The minimum atomic E-state index is -0.572. The maximum Gasteiger partial charge on any atom is 0.323 e. The van der Waals surface area contributed by atoms with Gasteiger partial charge in [0, 0.05) is 30.3 Å². The number of rotatable bonds is 7. The number of aliphatic hydroxyl groups excluding tert-OH is 1. The lowest BCUT2D eigenvalue weighted by Gasteiger charge is -2.38. The summed E-state index contributed by atoms with van der Waals surface area (Å²) in [5.74, 6) is -0.372. The predicted molar refractivity (Wildman–Crippen MR) is 190 cm³/mol. The molecule has 0 saturated carbocycles. The average Bonchev–Trinajstić information content (AvgIpc) is 3.10. The van der Waals surface area contributed by atoms with E-state index in [1.807, 2.05) is 91.9 Å². The summed E-state index contributed by atoms with van der Waals surface area (Å²) in [6, 6.07) is 30.7. The molecule has 0 radical (unpaired) electrons. The van der Waals surface area contributed by atoms with Crippen molar-refractivity contribution >= 4 is 56.6 Å². The smallest absolute Gasteiger partial charge is 0.323 e. The Balaban J connectivity index is 1.27. The highest BCUT2D eigenvalue weighted by atomic mass is 16.5. The number of fused-ring (bicyclic) bond motifs is 3. The predicted octanol–water partition coefficient (Wildman–Crippen LogP) is 7.02. The second-order valence-electron chi connectivity index (χ2n) is 12.2. The average molecular weight is 646 g/mol. The lowest BCUT2D eigenvalue weighted by Crippen LogP contribution is -2.50. The topological polar surface area (TPSA) is 123 Å². The zero-order valence-electron chi connectivity index (χ0n) is 27.1. The highest BCUT2D eigenvalue weighted by Gasteiger charge is 2.35. The molecule has 5 amide bonds. The van der Waals surface area contributed by atoms with Gasteiger partial charge in [0.25, 0.3) is 5.91 Å². The largest absolute Gasteiger partial charge is 0.485 e. The molecule has 0 bridgehead atoms. The Hall–Kier alpha value is -5.61. The third kappa shape index (κ3) is 6.74. The third-order valence-electron chi connectivity index (χ3n) is 8.81. The van der Waals surface area contributed by atoms with Gasteiger partial charge < -0.3 is 35.6 Å². The molecular formula is C38H39N5O5. The lowest BCUT2D eigenvalue weighted by molar-refractivity contribution is 0.0373. The molecule has 6 rings (SSSR count). The Labute approximate surface area is 279 Å². The summed E-state index contributed by atoms with van der Waals surface area (Å²) >= 11 is 0. The molecule has 10 nitrogen and oxygen atoms in total. The van der Waals surface area contributed by atoms with Crippen molar-refractivity contribution < 1.29 is 24.2 Å². The molecule has 1 heterocycles. The molecular weight excluding hydrogens is 606 g/mol. The summed E-state index contributed by atoms with van der Waals surface area (Å²) in [6.07, 6.45) is -0.572. The van der Waals surface area contributed by atoms with Crippen LogP contribution in [0.15, 0.2) is 103 Å². The van der Waals surface area contributed by atoms with Crippen molar-refractivity contribution in [2.75, 3.05) is 42.7 Å². The van der Waals surface area contributed by atoms with Crippen molar-refractivity contribution in [1.82, 2.24) is 9.80 Å². The fourth-order valence-corrected chi connectivity index (χ4v) is 6.07. The Bertz CT molecular complexity index is 1970. The molecule has 0 fully saturated rings. The Morgan fingerprint density at radius 1 is 0.833 bits per heavy atom. The van der Waals surface area contributed by atoms with E-state index in [0.29, 0.717) is 23.6 Å². The molecule has 1 aliphatic rings. The van der Waals surface area contributed by atoms with Gasteiger partial charge in [-0.2, -0.15) is 0 Å². The summed E-state index contributed by atoms with van der Waals surface area (Å²) in [4.78, 5) is 43.9. The molecule has 3 atom stereocenters. The minimum absolute atomic E-state index is 0.184. The molecule has 5 aromatic carbocycles. The number of likely N-dealkylation sites (N-methyl/N-ethyl adjacent to an activating group) is 1. The first-order valence-electron chi connectivity index (χ1n) is 16.0. The minimum Gasteiger partial charge on any atom is -0.485 e. The first-order chi connectivity index (χ1) is 23.2. The number of ether oxygens (including phenoxy) is 1. The molecule has 10 heteroatoms. The fourth-order valence-electron chi connectivity index (χ4n) is 6.07. The summed E-state index contributed by atoms with van der Waals surface area (Å²) < 4.78 is 6.60. The van der Waals surface area contributed by atoms with Crippen molar-refractivity contribution in [3.63, 3.8) is 0 Å². The molecule has 0 saturated heterocycles. The van der Waals surface area contributed by atoms with Gasteiger partial charge in [-0.1, -0.05) is 85.8 Å². The van der Waals surface area contributed by atoms with E-state index < -0.39 is 18.2 Å². The molecule has 1 aliphatic heterocycles. The van der Waals surface area contributed by atoms with Crippen LogP contribution in [-0.2, 0) is 0 Å². The highest BCUT2D eigenvalue weighted by Crippen LogP contribution is 2.35. The van der Waals surface area contributed by atoms with Crippen LogP contribution in [0.1, 0.15) is 24.2 Å². The van der Waals surface area contributed by atoms with Gasteiger partial charge in [-0.05, 0) is 42.0 Å². The summed E-state index contributed by atoms with van der Waals surface area (Å²) in [6.45, 7) is 3.98. The van der Waals surface area contributed by atoms with Crippen molar-refractivity contribution in [3.8, 4) is 5.75 Å². The van der Waals surface area contributed by atoms with Crippen molar-refractivity contribution in [3.05, 3.63) is 109 Å². The number of aliphatic hydroxyl groups is 1. The summed E-state index contributed by atoms with van der Waals surface area (Å²) in [5.41, 5.74) is 1.88. The Morgan fingerprint density at radius 2 is 1.38 bits per heavy atom. The van der Waals surface area contributed by atoms with Gasteiger partial charge in [0.2, 0.25) is 0 Å². The number of benzene rings is 5. The summed E-state index contributed by atoms with van der Waals surface area (Å²) in [5, 5.41) is 22.7. The molecule has 5 aromatic rings. The number of amides is 5. The Kier molecular flexibility index (Phi) is 9.45. The number of carbonyl (C=O) groups is 3. The van der Waals surface area contributed by atoms with Crippen LogP contribution in [-0.4, -0.2) is 71.8 Å². The van der Waals surface area contributed by atoms with Gasteiger partial charge in [-0.15, -0.1) is 0 Å². The van der Waals surface area contributed by atoms with Crippen LogP contribution in [0.4, 0.5) is 26.7 Å². The van der Waals surface area contributed by atoms with Crippen LogP contribution in [0.25, 0.3) is 21.5 Å². The highest BCUT2D eigenvalue weighted by molar-refractivity contribution is 6.08. The fraction of sp³-hybridized carbons (Fsp3) is 0.237. The molecule has 0 aliphatic carbocycles. The molecule has 48 heavy (non-hydrogen) atoms. The van der Waals surface area contributed by atoms with E-state index in [2.05, 4.69) is 16.0 Å². The van der Waals surface area contributed by atoms with Crippen LogP contribution in [0.2, 0.25) is 0 Å². The van der Waals surface area contributed by atoms with Crippen molar-refractivity contribution in [1.29, 1.82) is 0 Å². The van der Waals surface area contributed by atoms with E-state index in [1.165, 1.54) is 0 Å². The number of hydrogen-bond acceptors (Lipinski definition) is 5. The standard InChI is InChI=1S/C38H39N5O5/c1-24-21-43(25(2)23-44)36(45)30-17-10-20-33(40-37(46)39-31-18-8-13-26-11-4-6-15-28(26)31)35(30)48-34(24)22-42(3)38(47)41-32-19-9-14-27-12-5-7-16-29(27)32/h4-20,24-25,34,44H,21-23H2,1-3H3,(H,41,47)(H2,39,40,46)/t24-,25-,34+/m1/s1. The molecule has 0 aromatic heterocycles. The van der Waals surface area contributed by atoms with Crippen molar-refractivity contribution in [2.45, 2.75) is 26.0 Å². The van der Waals surface area contributed by atoms with E-state index in [-0.39, 0.29) is 42.3 Å². The van der Waals surface area contributed by atoms with Gasteiger partial charge >= 0.3 is 12.1 Å². The molecule has 4 N–H and O–H groups in total. The number of anilines is 3. The number of carbonyl (C=O) groups excluding carboxylic acids is 3. The van der Waals surface area contributed by atoms with E-state index in [1.54, 1.807) is 42.0 Å². The van der Waals surface area contributed by atoms with E-state index in [4.69, 9.17) is 4.74 Å². The second kappa shape index (κ2) is 14.0. The lowest BCUT2D eigenvalue weighted by atomic mass is 9.99. The van der Waals surface area contributed by atoms with Gasteiger partial charge in [0.15, 0.2) is 5.75 Å². The number of nitrogens with one attached hydrogen (secondary N) is 3. The molecule has 246 valence electrons. The zero-order chi connectivity index (χ0) is 33.8. The number of para-hydroxylation sites is 1. The number of urea groups is 2. The quantitative estimate of drug-likeness (QED) is 0.152. The van der Waals surface area contributed by atoms with E-state index in [0.717, 1.165) is 21.5 Å². The number of hydrogen-bond donors (Lipinski definition) is 4. The Morgan fingerprint density at radius 3 is 2.02 bits per heavy atom. The van der Waals surface area contributed by atoms with Crippen LogP contribution in [0.3, 0.4) is 0 Å². The van der Waals surface area contributed by atoms with Gasteiger partial charge in [-0.3, -0.25) is 4.79 Å². The van der Waals surface area contributed by atoms with Gasteiger partial charge in [0.1, 0.15) is 6.10 Å². The third-order valence-corrected chi connectivity index (χ3v) is 8.81. The number of nitrogens with zero attached hydrogens (tertiary/aromatic N) is 2. The van der Waals surface area contributed by atoms with Gasteiger partial charge in [0.05, 0.1) is 41.8 Å². The van der Waals surface area contributed by atoms with Gasteiger partial charge in [-0.25, -0.2) is 9.59 Å². The first-order valence-corrected chi connectivity index (χ1v) is 16.0. The zero-order valence-corrected chi connectivity index (χ0v) is 27.1. The van der Waals surface area contributed by atoms with E-state index in [9.17, 15) is 19.5 Å². The van der Waals surface area contributed by atoms with Crippen LogP contribution >= 0.6 is 0 Å². The normalized spacial score (nSPS) is 16.7. The van der Waals surface area contributed by atoms with Crippen LogP contribution in [0, 0.1) is 5.92 Å². The molecule has 0 unspecified atom stereocenters. The van der Waals surface area contributed by atoms with Crippen molar-refractivity contribution in [2.24, 2.45) is 5.92 Å². The first kappa shape index (κ1) is 32.3. The maximum atomic E-state index is 13.9.